The van der Waals surface area contributed by atoms with Gasteiger partial charge in [-0.3, -0.25) is 0 Å². The Kier molecular flexibility index (Phi) is 9.61. The summed E-state index contributed by atoms with van der Waals surface area (Å²) < 4.78 is 6.93. The Bertz CT molecular complexity index is 3250. The number of benzene rings is 11. The summed E-state index contributed by atoms with van der Waals surface area (Å²) in [6, 6.07) is 92.0. The molecule has 2 nitrogen and oxygen atoms in total. The molecule has 0 bridgehead atoms. The molecule has 0 saturated carbocycles. The minimum Gasteiger partial charge on any atom is -0.457 e. The Morgan fingerprint density at radius 2 is 0.600 bits per heavy atom. The van der Waals surface area contributed by atoms with Crippen molar-refractivity contribution in [3.8, 4) is 56.0 Å². The third kappa shape index (κ3) is 7.12. The Hall–Kier alpha value is -8.46. The first-order valence-corrected chi connectivity index (χ1v) is 22.3. The Morgan fingerprint density at radius 3 is 0.985 bits per heavy atom. The summed E-state index contributed by atoms with van der Waals surface area (Å²) >= 11 is 0. The lowest BCUT2D eigenvalue weighted by molar-refractivity contribution is 0.456. The zero-order valence-corrected chi connectivity index (χ0v) is 35.7. The number of nitrogens with zero attached hydrogens (tertiary/aromatic N) is 1. The van der Waals surface area contributed by atoms with Crippen LogP contribution in [0.3, 0.4) is 0 Å². The minimum absolute atomic E-state index is 0.0934. The first kappa shape index (κ1) is 38.2. The number of hydrogen-bond donors (Lipinski definition) is 0. The average molecular weight is 830 g/mol. The largest absolute Gasteiger partial charge is 0.457 e. The van der Waals surface area contributed by atoms with Crippen LogP contribution in [-0.4, -0.2) is 0 Å². The van der Waals surface area contributed by atoms with Crippen molar-refractivity contribution in [2.24, 2.45) is 0 Å². The molecule has 0 N–H and O–H groups in total. The first-order chi connectivity index (χ1) is 32.2. The van der Waals surface area contributed by atoms with E-state index in [1.807, 2.05) is 0 Å². The van der Waals surface area contributed by atoms with E-state index in [2.05, 4.69) is 260 Å². The molecular formula is C63H43NO. The molecular weight excluding hydrogens is 787 g/mol. The maximum atomic E-state index is 6.93. The smallest absolute Gasteiger partial charge is 0.132 e. The van der Waals surface area contributed by atoms with Crippen molar-refractivity contribution >= 4 is 38.6 Å². The van der Waals surface area contributed by atoms with Gasteiger partial charge in [-0.2, -0.15) is 0 Å². The van der Waals surface area contributed by atoms with Crippen molar-refractivity contribution in [3.63, 3.8) is 0 Å². The molecule has 0 radical (unpaired) electrons. The zero-order valence-electron chi connectivity index (χ0n) is 35.7. The van der Waals surface area contributed by atoms with Crippen LogP contribution in [0, 0.1) is 0 Å². The monoisotopic (exact) mass is 829 g/mol. The van der Waals surface area contributed by atoms with Crippen LogP contribution in [0.15, 0.2) is 255 Å². The molecule has 65 heavy (non-hydrogen) atoms. The van der Waals surface area contributed by atoms with Crippen molar-refractivity contribution in [1.82, 2.24) is 0 Å². The molecule has 0 spiro atoms. The van der Waals surface area contributed by atoms with Crippen LogP contribution in [0.1, 0.15) is 22.6 Å². The molecule has 0 unspecified atom stereocenters. The highest BCUT2D eigenvalue weighted by molar-refractivity contribution is 5.98. The van der Waals surface area contributed by atoms with Crippen LogP contribution in [0.4, 0.5) is 17.1 Å². The van der Waals surface area contributed by atoms with E-state index >= 15 is 0 Å². The molecule has 12 rings (SSSR count). The van der Waals surface area contributed by atoms with E-state index in [0.29, 0.717) is 0 Å². The lowest BCUT2D eigenvalue weighted by Gasteiger charge is -2.32. The van der Waals surface area contributed by atoms with Crippen molar-refractivity contribution in [2.75, 3.05) is 4.90 Å². The van der Waals surface area contributed by atoms with Crippen molar-refractivity contribution in [3.05, 3.63) is 271 Å². The summed E-state index contributed by atoms with van der Waals surface area (Å²) in [5, 5.41) is 4.76. The fourth-order valence-corrected chi connectivity index (χ4v) is 9.79. The number of fused-ring (bicyclic) bond motifs is 6. The fourth-order valence-electron chi connectivity index (χ4n) is 9.79. The SMILES string of the molecule is c1ccc(-c2ccc(N(c3ccc(-c4ccccc4)cc3)c3ccc(C4c5c(ccc6cc(-c7ccccc7)ccc56)Oc5ccc6cc(-c7ccccc7)ccc6c54)cc3)cc2)cc1. The van der Waals surface area contributed by atoms with Gasteiger partial charge in [-0.15, -0.1) is 0 Å². The highest BCUT2D eigenvalue weighted by Gasteiger charge is 2.32. The highest BCUT2D eigenvalue weighted by Crippen LogP contribution is 2.53. The molecule has 306 valence electrons. The van der Waals surface area contributed by atoms with Crippen molar-refractivity contribution in [2.45, 2.75) is 5.92 Å². The highest BCUT2D eigenvalue weighted by atomic mass is 16.5. The zero-order chi connectivity index (χ0) is 43.1. The van der Waals surface area contributed by atoms with Gasteiger partial charge in [0, 0.05) is 34.1 Å². The van der Waals surface area contributed by atoms with Crippen LogP contribution < -0.4 is 9.64 Å². The van der Waals surface area contributed by atoms with Gasteiger partial charge in [0.25, 0.3) is 0 Å². The molecule has 0 saturated heterocycles. The quantitative estimate of drug-likeness (QED) is 0.151. The standard InChI is InChI=1S/C63H43NO/c1-5-13-43(14-6-1)47-21-31-54(32-22-47)64(55-33-23-48(24-34-55)44-15-7-2-8-16-44)56-35-25-49(26-36-56)61-62-57-37-27-50(45-17-9-3-10-18-45)41-52(57)29-39-59(62)65-60-40-30-53-42-51(28-38-58(53)63(60)61)46-19-11-4-12-20-46/h1-42,61H. The Labute approximate surface area is 379 Å². The molecule has 1 heterocycles. The lowest BCUT2D eigenvalue weighted by atomic mass is 9.78. The predicted molar refractivity (Wildman–Crippen MR) is 272 cm³/mol. The minimum atomic E-state index is -0.0934. The summed E-state index contributed by atoms with van der Waals surface area (Å²) in [6.45, 7) is 0. The number of ether oxygens (including phenoxy) is 1. The molecule has 1 aliphatic heterocycles. The van der Waals surface area contributed by atoms with Crippen molar-refractivity contribution in [1.29, 1.82) is 0 Å². The second kappa shape index (κ2) is 16.3. The lowest BCUT2D eigenvalue weighted by Crippen LogP contribution is -2.14. The molecule has 0 aromatic heterocycles. The maximum absolute atomic E-state index is 6.93. The van der Waals surface area contributed by atoms with Gasteiger partial charge in [-0.05, 0) is 132 Å². The third-order valence-electron chi connectivity index (χ3n) is 13.0. The molecule has 0 amide bonds. The van der Waals surface area contributed by atoms with Gasteiger partial charge in [0.1, 0.15) is 11.5 Å². The van der Waals surface area contributed by atoms with Gasteiger partial charge < -0.3 is 9.64 Å². The van der Waals surface area contributed by atoms with E-state index in [4.69, 9.17) is 4.74 Å². The molecule has 0 aliphatic carbocycles. The average Bonchev–Trinajstić information content (AvgIpc) is 3.39. The Balaban J connectivity index is 1.01. The second-order valence-corrected chi connectivity index (χ2v) is 16.8. The van der Waals surface area contributed by atoms with E-state index in [0.717, 1.165) is 28.6 Å². The van der Waals surface area contributed by atoms with E-state index in [9.17, 15) is 0 Å². The van der Waals surface area contributed by atoms with E-state index in [1.54, 1.807) is 0 Å². The summed E-state index contributed by atoms with van der Waals surface area (Å²) in [7, 11) is 0. The predicted octanol–water partition coefficient (Wildman–Crippen LogP) is 17.4. The molecule has 0 atom stereocenters. The molecule has 0 fully saturated rings. The molecule has 1 aliphatic rings. The molecule has 2 heteroatoms. The summed E-state index contributed by atoms with van der Waals surface area (Å²) in [6.07, 6.45) is 0. The van der Waals surface area contributed by atoms with Crippen LogP contribution in [0.2, 0.25) is 0 Å². The molecule has 11 aromatic carbocycles. The van der Waals surface area contributed by atoms with Gasteiger partial charge in [0.05, 0.1) is 0 Å². The maximum Gasteiger partial charge on any atom is 0.132 e. The van der Waals surface area contributed by atoms with Crippen LogP contribution in [0.5, 0.6) is 11.5 Å². The second-order valence-electron chi connectivity index (χ2n) is 16.8. The normalized spacial score (nSPS) is 12.1. The topological polar surface area (TPSA) is 12.5 Å². The van der Waals surface area contributed by atoms with Crippen LogP contribution in [0.25, 0.3) is 66.1 Å². The third-order valence-corrected chi connectivity index (χ3v) is 13.0. The van der Waals surface area contributed by atoms with E-state index < -0.39 is 0 Å². The van der Waals surface area contributed by atoms with Gasteiger partial charge in [-0.25, -0.2) is 0 Å². The van der Waals surface area contributed by atoms with Gasteiger partial charge in [-0.1, -0.05) is 194 Å². The summed E-state index contributed by atoms with van der Waals surface area (Å²) in [4.78, 5) is 2.36. The molecule has 11 aromatic rings. The summed E-state index contributed by atoms with van der Waals surface area (Å²) in [5.41, 5.74) is 16.4. The first-order valence-electron chi connectivity index (χ1n) is 22.3. The van der Waals surface area contributed by atoms with Crippen molar-refractivity contribution < 1.29 is 4.74 Å². The van der Waals surface area contributed by atoms with Gasteiger partial charge in [0.2, 0.25) is 0 Å². The summed E-state index contributed by atoms with van der Waals surface area (Å²) in [5.74, 6) is 1.69. The fraction of sp³-hybridized carbons (Fsp3) is 0.0159. The number of rotatable bonds is 8. The number of anilines is 3. The van der Waals surface area contributed by atoms with Crippen LogP contribution >= 0.6 is 0 Å². The van der Waals surface area contributed by atoms with Crippen LogP contribution in [-0.2, 0) is 0 Å². The van der Waals surface area contributed by atoms with E-state index in [1.165, 1.54) is 82.7 Å². The van der Waals surface area contributed by atoms with Gasteiger partial charge in [0.15, 0.2) is 0 Å². The van der Waals surface area contributed by atoms with E-state index in [-0.39, 0.29) is 5.92 Å². The van der Waals surface area contributed by atoms with Gasteiger partial charge >= 0.3 is 0 Å². The number of hydrogen-bond acceptors (Lipinski definition) is 2. The Morgan fingerprint density at radius 1 is 0.277 bits per heavy atom.